The van der Waals surface area contributed by atoms with Crippen LogP contribution in [0.3, 0.4) is 0 Å². The first kappa shape index (κ1) is 15.2. The number of nitrogens with one attached hydrogen (secondary N) is 1. The predicted octanol–water partition coefficient (Wildman–Crippen LogP) is 1.99. The van der Waals surface area contributed by atoms with Gasteiger partial charge in [0.15, 0.2) is 0 Å². The second-order valence-corrected chi connectivity index (χ2v) is 4.88. The second kappa shape index (κ2) is 9.09. The highest BCUT2D eigenvalue weighted by Gasteiger charge is 2.04. The summed E-state index contributed by atoms with van der Waals surface area (Å²) < 4.78 is 5.46. The van der Waals surface area contributed by atoms with Gasteiger partial charge in [-0.3, -0.25) is 0 Å². The SMILES string of the molecule is CC(C)NCC(O)COCCCc1ccccc1. The van der Waals surface area contributed by atoms with E-state index in [9.17, 15) is 5.11 Å². The zero-order chi connectivity index (χ0) is 13.2. The van der Waals surface area contributed by atoms with Crippen molar-refractivity contribution in [3.63, 3.8) is 0 Å². The molecule has 0 bridgehead atoms. The molecule has 0 aromatic heterocycles. The molecule has 102 valence electrons. The van der Waals surface area contributed by atoms with Crippen molar-refractivity contribution in [3.05, 3.63) is 35.9 Å². The van der Waals surface area contributed by atoms with E-state index in [2.05, 4.69) is 43.4 Å². The highest BCUT2D eigenvalue weighted by molar-refractivity contribution is 5.14. The van der Waals surface area contributed by atoms with Gasteiger partial charge in [-0.1, -0.05) is 44.2 Å². The summed E-state index contributed by atoms with van der Waals surface area (Å²) in [7, 11) is 0. The van der Waals surface area contributed by atoms with E-state index in [-0.39, 0.29) is 0 Å². The molecule has 0 radical (unpaired) electrons. The Morgan fingerprint density at radius 1 is 1.22 bits per heavy atom. The number of hydrogen-bond donors (Lipinski definition) is 2. The lowest BCUT2D eigenvalue weighted by molar-refractivity contribution is 0.0353. The number of aryl methyl sites for hydroxylation is 1. The van der Waals surface area contributed by atoms with Crippen LogP contribution in [0.2, 0.25) is 0 Å². The van der Waals surface area contributed by atoms with Gasteiger partial charge in [0.05, 0.1) is 12.7 Å². The standard InChI is InChI=1S/C15H25NO2/c1-13(2)16-11-15(17)12-18-10-6-9-14-7-4-3-5-8-14/h3-5,7-8,13,15-17H,6,9-12H2,1-2H3. The summed E-state index contributed by atoms with van der Waals surface area (Å²) in [6.45, 7) is 5.83. The molecule has 1 rings (SSSR count). The summed E-state index contributed by atoms with van der Waals surface area (Å²) in [4.78, 5) is 0. The maximum absolute atomic E-state index is 9.63. The van der Waals surface area contributed by atoms with Gasteiger partial charge in [-0.25, -0.2) is 0 Å². The van der Waals surface area contributed by atoms with E-state index in [4.69, 9.17) is 4.74 Å². The summed E-state index contributed by atoms with van der Waals surface area (Å²) in [6.07, 6.45) is 1.61. The van der Waals surface area contributed by atoms with Crippen LogP contribution < -0.4 is 5.32 Å². The van der Waals surface area contributed by atoms with Crippen LogP contribution in [0.5, 0.6) is 0 Å². The molecular formula is C15H25NO2. The van der Waals surface area contributed by atoms with Crippen LogP contribution in [-0.4, -0.2) is 37.0 Å². The van der Waals surface area contributed by atoms with Crippen molar-refractivity contribution in [3.8, 4) is 0 Å². The molecule has 0 aliphatic heterocycles. The third kappa shape index (κ3) is 7.43. The summed E-state index contributed by atoms with van der Waals surface area (Å²) in [5.74, 6) is 0. The second-order valence-electron chi connectivity index (χ2n) is 4.88. The van der Waals surface area contributed by atoms with Crippen molar-refractivity contribution in [2.75, 3.05) is 19.8 Å². The maximum Gasteiger partial charge on any atom is 0.0897 e. The molecule has 0 saturated carbocycles. The number of ether oxygens (including phenoxy) is 1. The van der Waals surface area contributed by atoms with Crippen molar-refractivity contribution in [2.24, 2.45) is 0 Å². The van der Waals surface area contributed by atoms with Crippen molar-refractivity contribution < 1.29 is 9.84 Å². The van der Waals surface area contributed by atoms with Gasteiger partial charge in [-0.15, -0.1) is 0 Å². The van der Waals surface area contributed by atoms with Crippen molar-refractivity contribution in [2.45, 2.75) is 38.8 Å². The van der Waals surface area contributed by atoms with Gasteiger partial charge >= 0.3 is 0 Å². The Bertz CT molecular complexity index is 301. The van der Waals surface area contributed by atoms with Gasteiger partial charge in [-0.05, 0) is 18.4 Å². The van der Waals surface area contributed by atoms with Gasteiger partial charge in [0.25, 0.3) is 0 Å². The predicted molar refractivity (Wildman–Crippen MR) is 74.7 cm³/mol. The van der Waals surface area contributed by atoms with E-state index in [1.165, 1.54) is 5.56 Å². The Morgan fingerprint density at radius 3 is 2.61 bits per heavy atom. The molecule has 0 spiro atoms. The molecule has 18 heavy (non-hydrogen) atoms. The maximum atomic E-state index is 9.63. The Hall–Kier alpha value is -0.900. The smallest absolute Gasteiger partial charge is 0.0897 e. The van der Waals surface area contributed by atoms with E-state index >= 15 is 0 Å². The molecule has 2 N–H and O–H groups in total. The molecule has 0 aliphatic rings. The van der Waals surface area contributed by atoms with E-state index in [0.29, 0.717) is 25.8 Å². The monoisotopic (exact) mass is 251 g/mol. The Balaban J connectivity index is 1.98. The molecule has 3 heteroatoms. The Kier molecular flexibility index (Phi) is 7.65. The molecule has 1 aromatic rings. The minimum absolute atomic E-state index is 0.401. The molecule has 0 saturated heterocycles. The van der Waals surface area contributed by atoms with Gasteiger partial charge in [-0.2, -0.15) is 0 Å². The third-order valence-electron chi connectivity index (χ3n) is 2.67. The van der Waals surface area contributed by atoms with Crippen LogP contribution >= 0.6 is 0 Å². The molecule has 1 atom stereocenters. The van der Waals surface area contributed by atoms with E-state index in [1.807, 2.05) is 6.07 Å². The van der Waals surface area contributed by atoms with Crippen molar-refractivity contribution in [1.82, 2.24) is 5.32 Å². The van der Waals surface area contributed by atoms with Gasteiger partial charge in [0.2, 0.25) is 0 Å². The molecule has 0 heterocycles. The number of benzene rings is 1. The van der Waals surface area contributed by atoms with Crippen molar-refractivity contribution in [1.29, 1.82) is 0 Å². The number of aliphatic hydroxyl groups is 1. The average molecular weight is 251 g/mol. The quantitative estimate of drug-likeness (QED) is 0.660. The van der Waals surface area contributed by atoms with Gasteiger partial charge < -0.3 is 15.2 Å². The van der Waals surface area contributed by atoms with Crippen LogP contribution in [0, 0.1) is 0 Å². The number of hydrogen-bond acceptors (Lipinski definition) is 3. The first-order valence-corrected chi connectivity index (χ1v) is 6.71. The topological polar surface area (TPSA) is 41.5 Å². The molecule has 0 amide bonds. The van der Waals surface area contributed by atoms with Crippen LogP contribution in [-0.2, 0) is 11.2 Å². The van der Waals surface area contributed by atoms with Crippen LogP contribution in [0.15, 0.2) is 30.3 Å². The van der Waals surface area contributed by atoms with Gasteiger partial charge in [0.1, 0.15) is 0 Å². The van der Waals surface area contributed by atoms with E-state index < -0.39 is 6.10 Å². The normalized spacial score (nSPS) is 12.9. The average Bonchev–Trinajstić information content (AvgIpc) is 2.37. The lowest BCUT2D eigenvalue weighted by atomic mass is 10.1. The fourth-order valence-electron chi connectivity index (χ4n) is 1.67. The third-order valence-corrected chi connectivity index (χ3v) is 2.67. The molecular weight excluding hydrogens is 226 g/mol. The van der Waals surface area contributed by atoms with Crippen LogP contribution in [0.25, 0.3) is 0 Å². The Morgan fingerprint density at radius 2 is 1.94 bits per heavy atom. The zero-order valence-electron chi connectivity index (χ0n) is 11.4. The fourth-order valence-corrected chi connectivity index (χ4v) is 1.67. The lowest BCUT2D eigenvalue weighted by Gasteiger charge is -2.14. The van der Waals surface area contributed by atoms with Gasteiger partial charge in [0, 0.05) is 19.2 Å². The molecule has 0 fully saturated rings. The fraction of sp³-hybridized carbons (Fsp3) is 0.600. The molecule has 1 aromatic carbocycles. The summed E-state index contributed by atoms with van der Waals surface area (Å²) in [5, 5.41) is 12.8. The Labute approximate surface area is 110 Å². The lowest BCUT2D eigenvalue weighted by Crippen LogP contribution is -2.34. The summed E-state index contributed by atoms with van der Waals surface area (Å²) in [5.41, 5.74) is 1.34. The van der Waals surface area contributed by atoms with E-state index in [1.54, 1.807) is 0 Å². The highest BCUT2D eigenvalue weighted by atomic mass is 16.5. The van der Waals surface area contributed by atoms with E-state index in [0.717, 1.165) is 12.8 Å². The summed E-state index contributed by atoms with van der Waals surface area (Å²) in [6, 6.07) is 10.8. The molecule has 1 unspecified atom stereocenters. The van der Waals surface area contributed by atoms with Crippen molar-refractivity contribution >= 4 is 0 Å². The molecule has 3 nitrogen and oxygen atoms in total. The van der Waals surface area contributed by atoms with Crippen LogP contribution in [0.4, 0.5) is 0 Å². The zero-order valence-corrected chi connectivity index (χ0v) is 11.4. The minimum atomic E-state index is -0.413. The number of aliphatic hydroxyl groups excluding tert-OH is 1. The molecule has 0 aliphatic carbocycles. The number of rotatable bonds is 9. The largest absolute Gasteiger partial charge is 0.389 e. The highest BCUT2D eigenvalue weighted by Crippen LogP contribution is 2.02. The first-order valence-electron chi connectivity index (χ1n) is 6.71. The first-order chi connectivity index (χ1) is 8.68. The van der Waals surface area contributed by atoms with Crippen LogP contribution in [0.1, 0.15) is 25.8 Å². The summed E-state index contributed by atoms with van der Waals surface area (Å²) >= 11 is 0. The minimum Gasteiger partial charge on any atom is -0.389 e.